The summed E-state index contributed by atoms with van der Waals surface area (Å²) in [6.45, 7) is 10.9. The second-order valence-electron chi connectivity index (χ2n) is 6.63. The number of hydrogen-bond acceptors (Lipinski definition) is 1. The summed E-state index contributed by atoms with van der Waals surface area (Å²) in [6.07, 6.45) is 0.951. The molecule has 0 saturated heterocycles. The molecule has 2 nitrogen and oxygen atoms in total. The summed E-state index contributed by atoms with van der Waals surface area (Å²) in [7, 11) is 0. The Labute approximate surface area is 135 Å². The lowest BCUT2D eigenvalue weighted by Crippen LogP contribution is -2.34. The number of nitrogens with zero attached hydrogens (tertiary/aromatic N) is 2. The van der Waals surface area contributed by atoms with Gasteiger partial charge in [0.1, 0.15) is 15.6 Å². The van der Waals surface area contributed by atoms with Crippen LogP contribution in [-0.2, 0) is 0 Å². The van der Waals surface area contributed by atoms with Gasteiger partial charge >= 0.3 is 0 Å². The van der Waals surface area contributed by atoms with Crippen molar-refractivity contribution in [3.05, 3.63) is 27.2 Å². The van der Waals surface area contributed by atoms with E-state index in [0.717, 1.165) is 12.1 Å². The first-order chi connectivity index (χ1) is 9.07. The van der Waals surface area contributed by atoms with Crippen LogP contribution < -0.4 is 0 Å². The number of rotatable bonds is 2. The van der Waals surface area contributed by atoms with E-state index in [-0.39, 0.29) is 11.1 Å². The van der Waals surface area contributed by atoms with Crippen LogP contribution in [0.3, 0.4) is 0 Å². The quantitative estimate of drug-likeness (QED) is 0.561. The number of azo groups is 2. The number of halogens is 3. The smallest absolute Gasteiger partial charge is 0.0842 e. The van der Waals surface area contributed by atoms with Crippen molar-refractivity contribution in [2.24, 2.45) is 11.0 Å². The van der Waals surface area contributed by atoms with Crippen LogP contribution in [0.4, 0.5) is 5.69 Å². The first-order valence-corrected chi connectivity index (χ1v) is 7.88. The molecule has 0 saturated carbocycles. The van der Waals surface area contributed by atoms with Crippen molar-refractivity contribution in [2.75, 3.05) is 0 Å². The Kier molecular flexibility index (Phi) is 4.14. The molecule has 1 aromatic carbocycles. The van der Waals surface area contributed by atoms with E-state index < -0.39 is 0 Å². The standard InChI is InChI=1S/C15H20Cl3N2/c1-9(2)15(5)8-14(3,4)20(19-15)13-11(17)6-10(16)7-12(13)18/h6-7,9H,8H2,1-5H3/q+1/t15-/m0/s1. The molecule has 0 bridgehead atoms. The van der Waals surface area contributed by atoms with Crippen LogP contribution in [0.5, 0.6) is 0 Å². The maximum absolute atomic E-state index is 6.34. The largest absolute Gasteiger partial charge is 0.269 e. The highest BCUT2D eigenvalue weighted by atomic mass is 35.5. The van der Waals surface area contributed by atoms with Gasteiger partial charge in [0.2, 0.25) is 0 Å². The molecule has 0 spiro atoms. The minimum atomic E-state index is -0.139. The van der Waals surface area contributed by atoms with Gasteiger partial charge in [-0.15, -0.1) is 0 Å². The van der Waals surface area contributed by atoms with E-state index in [4.69, 9.17) is 39.9 Å². The van der Waals surface area contributed by atoms with Crippen molar-refractivity contribution in [1.29, 1.82) is 0 Å². The van der Waals surface area contributed by atoms with Crippen molar-refractivity contribution in [3.63, 3.8) is 0 Å². The van der Waals surface area contributed by atoms with E-state index in [0.29, 0.717) is 21.0 Å². The molecule has 0 radical (unpaired) electrons. The van der Waals surface area contributed by atoms with Gasteiger partial charge in [-0.2, -0.15) is 0 Å². The topological polar surface area (TPSA) is 15.4 Å². The number of benzene rings is 1. The van der Waals surface area contributed by atoms with Crippen molar-refractivity contribution >= 4 is 40.5 Å². The van der Waals surface area contributed by atoms with Crippen LogP contribution in [0.2, 0.25) is 15.1 Å². The first kappa shape index (κ1) is 16.1. The minimum absolute atomic E-state index is 0.115. The average Bonchev–Trinajstić information content (AvgIpc) is 2.48. The van der Waals surface area contributed by atoms with Crippen molar-refractivity contribution in [2.45, 2.75) is 52.1 Å². The van der Waals surface area contributed by atoms with Gasteiger partial charge in [-0.05, 0) is 30.1 Å². The van der Waals surface area contributed by atoms with Gasteiger partial charge in [0.05, 0.1) is 0 Å². The molecular formula is C15H20Cl3N2+. The van der Waals surface area contributed by atoms with Crippen molar-refractivity contribution < 1.29 is 4.70 Å². The lowest BCUT2D eigenvalue weighted by molar-refractivity contribution is -0.573. The fourth-order valence-electron chi connectivity index (χ4n) is 2.76. The molecule has 1 aromatic rings. The van der Waals surface area contributed by atoms with E-state index in [9.17, 15) is 0 Å². The van der Waals surface area contributed by atoms with Crippen LogP contribution in [0.15, 0.2) is 17.2 Å². The summed E-state index contributed by atoms with van der Waals surface area (Å²) >= 11 is 18.7. The van der Waals surface area contributed by atoms with Crippen LogP contribution >= 0.6 is 34.8 Å². The van der Waals surface area contributed by atoms with Gasteiger partial charge in [-0.1, -0.05) is 53.3 Å². The molecule has 0 aliphatic carbocycles. The molecule has 1 heterocycles. The van der Waals surface area contributed by atoms with Gasteiger partial charge in [0, 0.05) is 25.3 Å². The van der Waals surface area contributed by atoms with E-state index in [1.54, 1.807) is 12.1 Å². The Morgan fingerprint density at radius 1 is 1.10 bits per heavy atom. The van der Waals surface area contributed by atoms with Gasteiger partial charge in [0.25, 0.3) is 5.69 Å². The maximum Gasteiger partial charge on any atom is 0.269 e. The highest BCUT2D eigenvalue weighted by molar-refractivity contribution is 6.41. The normalized spacial score (nSPS) is 25.1. The third kappa shape index (κ3) is 2.70. The molecule has 20 heavy (non-hydrogen) atoms. The van der Waals surface area contributed by atoms with Crippen LogP contribution in [0.1, 0.15) is 41.0 Å². The molecule has 0 N–H and O–H groups in total. The minimum Gasteiger partial charge on any atom is -0.0842 e. The summed E-state index contributed by atoms with van der Waals surface area (Å²) in [5.74, 6) is 0.441. The summed E-state index contributed by atoms with van der Waals surface area (Å²) in [5.41, 5.74) is 0.489. The summed E-state index contributed by atoms with van der Waals surface area (Å²) in [6, 6.07) is 3.42. The van der Waals surface area contributed by atoms with Crippen LogP contribution in [0, 0.1) is 5.92 Å². The molecule has 2 rings (SSSR count). The molecule has 0 amide bonds. The average molecular weight is 335 g/mol. The Morgan fingerprint density at radius 3 is 2.00 bits per heavy atom. The van der Waals surface area contributed by atoms with Gasteiger partial charge in [-0.3, -0.25) is 0 Å². The van der Waals surface area contributed by atoms with E-state index in [2.05, 4.69) is 34.6 Å². The SMILES string of the molecule is CC(C)[C@]1(C)CC(C)(C)[N+](c2c(Cl)cc(Cl)cc2Cl)=N1. The molecule has 1 atom stereocenters. The molecular weight excluding hydrogens is 315 g/mol. The molecule has 0 aromatic heterocycles. The zero-order valence-electron chi connectivity index (χ0n) is 12.5. The van der Waals surface area contributed by atoms with E-state index >= 15 is 0 Å². The Balaban J connectivity index is 2.62. The van der Waals surface area contributed by atoms with E-state index in [1.807, 2.05) is 4.70 Å². The summed E-state index contributed by atoms with van der Waals surface area (Å²) in [5, 5.41) is 6.52. The lowest BCUT2D eigenvalue weighted by atomic mass is 9.80. The predicted octanol–water partition coefficient (Wildman–Crippen LogP) is 6.34. The fourth-order valence-corrected chi connectivity index (χ4v) is 3.74. The molecule has 1 aliphatic rings. The monoisotopic (exact) mass is 333 g/mol. The Bertz CT molecular complexity index is 555. The van der Waals surface area contributed by atoms with Gasteiger partial charge in [-0.25, -0.2) is 0 Å². The summed E-state index contributed by atoms with van der Waals surface area (Å²) in [4.78, 5) is 0. The third-order valence-electron chi connectivity index (χ3n) is 4.13. The highest BCUT2D eigenvalue weighted by Crippen LogP contribution is 2.47. The van der Waals surface area contributed by atoms with Crippen molar-refractivity contribution in [1.82, 2.24) is 0 Å². The van der Waals surface area contributed by atoms with Gasteiger partial charge < -0.3 is 0 Å². The second-order valence-corrected chi connectivity index (χ2v) is 7.88. The summed E-state index contributed by atoms with van der Waals surface area (Å²) < 4.78 is 1.97. The van der Waals surface area contributed by atoms with Crippen LogP contribution in [0.25, 0.3) is 0 Å². The molecule has 0 fully saturated rings. The Morgan fingerprint density at radius 2 is 1.60 bits per heavy atom. The molecule has 110 valence electrons. The Hall–Kier alpha value is -0.310. The predicted molar refractivity (Wildman–Crippen MR) is 85.8 cm³/mol. The maximum atomic E-state index is 6.34. The molecule has 1 aliphatic heterocycles. The van der Waals surface area contributed by atoms with Crippen molar-refractivity contribution in [3.8, 4) is 0 Å². The fraction of sp³-hybridized carbons (Fsp3) is 0.600. The highest BCUT2D eigenvalue weighted by Gasteiger charge is 2.53. The number of hydrogen-bond donors (Lipinski definition) is 0. The zero-order chi connectivity index (χ0) is 15.3. The molecule has 0 unspecified atom stereocenters. The lowest BCUT2D eigenvalue weighted by Gasteiger charge is -2.22. The first-order valence-electron chi connectivity index (χ1n) is 6.74. The third-order valence-corrected chi connectivity index (χ3v) is 4.92. The second kappa shape index (κ2) is 5.15. The molecule has 5 heteroatoms. The van der Waals surface area contributed by atoms with Crippen LogP contribution in [-0.4, -0.2) is 15.8 Å². The van der Waals surface area contributed by atoms with Gasteiger partial charge in [0.15, 0.2) is 5.54 Å². The van der Waals surface area contributed by atoms with E-state index in [1.165, 1.54) is 0 Å². The zero-order valence-corrected chi connectivity index (χ0v) is 14.7.